The van der Waals surface area contributed by atoms with Crippen molar-refractivity contribution in [2.75, 3.05) is 51.7 Å². The quantitative estimate of drug-likeness (QED) is 0.328. The van der Waals surface area contributed by atoms with Gasteiger partial charge in [0.05, 0.1) is 5.56 Å². The number of rotatable bonds is 9. The molecular weight excluding hydrogens is 589 g/mol. The van der Waals surface area contributed by atoms with Gasteiger partial charge >= 0.3 is 6.18 Å². The van der Waals surface area contributed by atoms with Crippen molar-refractivity contribution >= 4 is 17.5 Å². The van der Waals surface area contributed by atoms with Gasteiger partial charge in [0.25, 0.3) is 0 Å². The Hall–Kier alpha value is -4.16. The zero-order chi connectivity index (χ0) is 31.3. The second-order valence-electron chi connectivity index (χ2n) is 12.1. The number of carbonyl (C=O) groups excluding carboxylic acids is 2. The molecule has 45 heavy (non-hydrogen) atoms. The van der Waals surface area contributed by atoms with Crippen LogP contribution in [0, 0.1) is 5.92 Å². The number of hydrogen-bond donors (Lipinski definition) is 1. The smallest absolute Gasteiger partial charge is 0.419 e. The highest BCUT2D eigenvalue weighted by molar-refractivity contribution is 5.97. The number of fused-ring (bicyclic) bond motifs is 4. The molecule has 236 valence electrons. The van der Waals surface area contributed by atoms with E-state index < -0.39 is 11.7 Å². The number of likely N-dealkylation sites (N-methyl/N-ethyl adjacent to an activating group) is 1. The highest BCUT2D eigenvalue weighted by Crippen LogP contribution is 2.60. The Morgan fingerprint density at radius 1 is 1.07 bits per heavy atom. The number of nitrogens with one attached hydrogen (secondary N) is 1. The predicted octanol–water partition coefficient (Wildman–Crippen LogP) is 5.15. The molecule has 4 heterocycles. The van der Waals surface area contributed by atoms with Crippen LogP contribution in [-0.2, 0) is 17.4 Å². The third kappa shape index (κ3) is 6.08. The number of aromatic nitrogens is 1. The lowest BCUT2D eigenvalue weighted by Gasteiger charge is -2.32. The van der Waals surface area contributed by atoms with Gasteiger partial charge in [-0.25, -0.2) is 4.98 Å². The third-order valence-corrected chi connectivity index (χ3v) is 9.09. The van der Waals surface area contributed by atoms with Crippen molar-refractivity contribution in [2.45, 2.75) is 37.5 Å². The Labute approximate surface area is 258 Å². The summed E-state index contributed by atoms with van der Waals surface area (Å²) in [6.07, 6.45) is -2.35. The van der Waals surface area contributed by atoms with Crippen LogP contribution in [0.2, 0.25) is 0 Å². The summed E-state index contributed by atoms with van der Waals surface area (Å²) in [5.74, 6) is 1.48. The first-order valence-corrected chi connectivity index (χ1v) is 15.2. The third-order valence-electron chi connectivity index (χ3n) is 9.09. The molecule has 1 aliphatic carbocycles. The van der Waals surface area contributed by atoms with E-state index in [0.29, 0.717) is 42.5 Å². The van der Waals surface area contributed by atoms with Crippen molar-refractivity contribution in [1.29, 1.82) is 0 Å². The van der Waals surface area contributed by atoms with Crippen molar-refractivity contribution in [3.8, 4) is 23.0 Å². The van der Waals surface area contributed by atoms with Gasteiger partial charge in [-0.2, -0.15) is 13.2 Å². The van der Waals surface area contributed by atoms with Crippen LogP contribution in [0.5, 0.6) is 23.0 Å². The highest BCUT2D eigenvalue weighted by atomic mass is 19.4. The van der Waals surface area contributed by atoms with E-state index in [2.05, 4.69) is 20.1 Å². The van der Waals surface area contributed by atoms with Gasteiger partial charge in [0.15, 0.2) is 5.78 Å². The van der Waals surface area contributed by atoms with Crippen LogP contribution in [0.1, 0.15) is 45.8 Å². The second kappa shape index (κ2) is 11.6. The minimum Gasteiger partial charge on any atom is -0.492 e. The van der Waals surface area contributed by atoms with Crippen LogP contribution in [0.3, 0.4) is 0 Å². The Morgan fingerprint density at radius 2 is 1.89 bits per heavy atom. The second-order valence-corrected chi connectivity index (χ2v) is 12.1. The summed E-state index contributed by atoms with van der Waals surface area (Å²) in [4.78, 5) is 33.6. The summed E-state index contributed by atoms with van der Waals surface area (Å²) >= 11 is 0. The molecule has 12 heteroatoms. The molecular formula is C33H33F3N4O5. The predicted molar refractivity (Wildman–Crippen MR) is 158 cm³/mol. The first kappa shape index (κ1) is 29.5. The monoisotopic (exact) mass is 622 g/mol. The first-order chi connectivity index (χ1) is 21.6. The van der Waals surface area contributed by atoms with Gasteiger partial charge in [-0.1, -0.05) is 0 Å². The fraction of sp³-hybridized carbons (Fsp3) is 0.424. The highest BCUT2D eigenvalue weighted by Gasteiger charge is 2.59. The van der Waals surface area contributed by atoms with Crippen molar-refractivity contribution in [1.82, 2.24) is 14.8 Å². The number of piperazine rings is 1. The maximum absolute atomic E-state index is 14.0. The number of ketones is 1. The molecule has 4 aliphatic rings. The molecule has 3 aromatic rings. The zero-order valence-electron chi connectivity index (χ0n) is 24.7. The fourth-order valence-electron chi connectivity index (χ4n) is 6.48. The molecule has 0 bridgehead atoms. The molecule has 1 saturated heterocycles. The summed E-state index contributed by atoms with van der Waals surface area (Å²) in [7, 11) is 2.04. The van der Waals surface area contributed by atoms with Crippen LogP contribution >= 0.6 is 0 Å². The van der Waals surface area contributed by atoms with Gasteiger partial charge in [-0.3, -0.25) is 14.5 Å². The first-order valence-electron chi connectivity index (χ1n) is 15.2. The van der Waals surface area contributed by atoms with Crippen molar-refractivity contribution in [3.63, 3.8) is 0 Å². The van der Waals surface area contributed by atoms with E-state index in [1.54, 1.807) is 18.3 Å². The normalized spacial score (nSPS) is 22.5. The number of hydrogen-bond acceptors (Lipinski definition) is 8. The number of carbonyl (C=O) groups is 2. The number of Topliss-reactive ketones (excluding diaryl/α,β-unsaturated/α-hetero) is 1. The Bertz CT molecular complexity index is 1640. The molecule has 9 nitrogen and oxygen atoms in total. The number of anilines is 1. The molecule has 1 aromatic heterocycles. The summed E-state index contributed by atoms with van der Waals surface area (Å²) in [5.41, 5.74) is 0.799. The van der Waals surface area contributed by atoms with Gasteiger partial charge in [0, 0.05) is 80.3 Å². The molecule has 0 spiro atoms. The summed E-state index contributed by atoms with van der Waals surface area (Å²) in [6, 6.07) is 10.8. The minimum atomic E-state index is -4.66. The number of nitrogens with zero attached hydrogens (tertiary/aromatic N) is 3. The van der Waals surface area contributed by atoms with E-state index in [0.717, 1.165) is 43.4 Å². The van der Waals surface area contributed by atoms with Crippen molar-refractivity contribution < 1.29 is 37.0 Å². The molecule has 1 N–H and O–H groups in total. The van der Waals surface area contributed by atoms with Gasteiger partial charge < -0.3 is 24.4 Å². The zero-order valence-corrected chi connectivity index (χ0v) is 24.7. The van der Waals surface area contributed by atoms with Gasteiger partial charge in [0.2, 0.25) is 5.91 Å². The Kier molecular flexibility index (Phi) is 7.65. The van der Waals surface area contributed by atoms with Crippen LogP contribution in [-0.4, -0.2) is 79.0 Å². The lowest BCUT2D eigenvalue weighted by atomic mass is 9.99. The van der Waals surface area contributed by atoms with E-state index in [1.807, 2.05) is 19.2 Å². The van der Waals surface area contributed by atoms with Crippen LogP contribution in [0.4, 0.5) is 19.0 Å². The molecule has 1 saturated carbocycles. The largest absolute Gasteiger partial charge is 0.492 e. The van der Waals surface area contributed by atoms with E-state index >= 15 is 0 Å². The van der Waals surface area contributed by atoms with Crippen LogP contribution in [0.25, 0.3) is 0 Å². The molecule has 3 aliphatic heterocycles. The maximum atomic E-state index is 14.0. The van der Waals surface area contributed by atoms with Gasteiger partial charge in [0.1, 0.15) is 41.5 Å². The molecule has 0 unspecified atom stereocenters. The maximum Gasteiger partial charge on any atom is 0.419 e. The Morgan fingerprint density at radius 3 is 2.69 bits per heavy atom. The SMILES string of the molecule is CN1CCN(CCOc2ccc(C(=O)C[C@@H]3[C@H]4Oc5ccc(Oc6ccnc7c6CCC(=O)N7)cc5[C@@H]34)cc2C(F)(F)F)CC1. The molecule has 7 rings (SSSR count). The van der Waals surface area contributed by atoms with Crippen molar-refractivity contribution in [2.24, 2.45) is 5.92 Å². The van der Waals surface area contributed by atoms with E-state index in [1.165, 1.54) is 12.1 Å². The van der Waals surface area contributed by atoms with E-state index in [9.17, 15) is 22.8 Å². The summed E-state index contributed by atoms with van der Waals surface area (Å²) in [5, 5.41) is 2.76. The minimum absolute atomic E-state index is 0.00516. The number of halogens is 3. The average Bonchev–Trinajstić information content (AvgIpc) is 3.53. The van der Waals surface area contributed by atoms with Gasteiger partial charge in [-0.05, 0) is 55.9 Å². The molecule has 0 radical (unpaired) electrons. The molecule has 1 amide bonds. The Balaban J connectivity index is 1.00. The van der Waals surface area contributed by atoms with E-state index in [4.69, 9.17) is 14.2 Å². The van der Waals surface area contributed by atoms with Crippen LogP contribution in [0.15, 0.2) is 48.7 Å². The average molecular weight is 623 g/mol. The van der Waals surface area contributed by atoms with E-state index in [-0.39, 0.29) is 54.0 Å². The van der Waals surface area contributed by atoms with Gasteiger partial charge in [-0.15, -0.1) is 0 Å². The topological polar surface area (TPSA) is 93.2 Å². The number of ether oxygens (including phenoxy) is 3. The standard InChI is InChI=1S/C33H33F3N4O5/c1-39-10-12-40(13-11-39)14-15-43-28-5-2-19(16-24(28)33(34,35)36)25(41)18-23-30-22-17-20(3-6-26(22)45-31(23)30)44-27-8-9-37-32-21(27)4-7-29(42)38-32/h2-3,5-6,8-9,16-17,23,30-31H,4,7,10-15,18H2,1H3,(H,37,38,42)/t23-,30-,31+/m0/s1. The molecule has 3 atom stereocenters. The number of benzene rings is 2. The number of alkyl halides is 3. The molecule has 2 fully saturated rings. The fourth-order valence-corrected chi connectivity index (χ4v) is 6.48. The lowest BCUT2D eigenvalue weighted by molar-refractivity contribution is -0.139. The van der Waals surface area contributed by atoms with Crippen LogP contribution < -0.4 is 19.5 Å². The molecule has 2 aromatic carbocycles. The number of amides is 1. The van der Waals surface area contributed by atoms with Crippen molar-refractivity contribution in [3.05, 3.63) is 70.9 Å². The summed E-state index contributed by atoms with van der Waals surface area (Å²) in [6.45, 7) is 4.18. The number of pyridine rings is 1. The summed E-state index contributed by atoms with van der Waals surface area (Å²) < 4.78 is 59.8. The lowest BCUT2D eigenvalue weighted by Crippen LogP contribution is -2.45.